The zero-order valence-corrected chi connectivity index (χ0v) is 70.7. The van der Waals surface area contributed by atoms with Crippen LogP contribution in [0.5, 0.6) is 0 Å². The Hall–Kier alpha value is -9.57. The van der Waals surface area contributed by atoms with E-state index in [9.17, 15) is 37.3 Å². The number of carbonyl (C=O) groups is 2. The highest BCUT2D eigenvalue weighted by Gasteiger charge is 2.39. The summed E-state index contributed by atoms with van der Waals surface area (Å²) in [5.74, 6) is -2.15. The molecule has 5 aliphatic rings. The average Bonchev–Trinajstić information content (AvgIpc) is 1.59. The summed E-state index contributed by atoms with van der Waals surface area (Å²) in [6.45, 7) is 5.30. The Morgan fingerprint density at radius 2 is 0.888 bits per heavy atom. The van der Waals surface area contributed by atoms with Gasteiger partial charge in [-0.25, -0.2) is 22.4 Å². The summed E-state index contributed by atoms with van der Waals surface area (Å²) in [7, 11) is 1.27. The maximum absolute atomic E-state index is 14.5. The van der Waals surface area contributed by atoms with Crippen LogP contribution in [0.4, 0.5) is 28.0 Å². The van der Waals surface area contributed by atoms with Gasteiger partial charge in [0, 0.05) is 169 Å². The molecule has 10 aromatic carbocycles. The van der Waals surface area contributed by atoms with Crippen LogP contribution in [0, 0.1) is 33.4 Å². The molecular weight excluding hydrogens is 1810 g/mol. The minimum atomic E-state index is -0.812. The van der Waals surface area contributed by atoms with Crippen molar-refractivity contribution in [1.29, 1.82) is 0 Å². The van der Waals surface area contributed by atoms with E-state index in [1.165, 1.54) is 68.2 Å². The van der Waals surface area contributed by atoms with Gasteiger partial charge in [0.25, 0.3) is 5.69 Å². The van der Waals surface area contributed by atoms with Gasteiger partial charge in [-0.3, -0.25) is 19.8 Å². The number of methoxy groups -OCH3 is 1. The van der Waals surface area contributed by atoms with Crippen molar-refractivity contribution in [2.24, 2.45) is 0 Å². The minimum absolute atomic E-state index is 0.0331. The Kier molecular flexibility index (Phi) is 23.6. The lowest BCUT2D eigenvalue weighted by atomic mass is 9.92. The number of nitro groups is 1. The number of fused-ring (bicyclic) bond motifs is 15. The molecule has 5 aliphatic heterocycles. The third-order valence-corrected chi connectivity index (χ3v) is 25.1. The van der Waals surface area contributed by atoms with Crippen LogP contribution < -0.4 is 16.0 Å². The second kappa shape index (κ2) is 34.2. The molecule has 0 spiro atoms. The van der Waals surface area contributed by atoms with Gasteiger partial charge in [0.2, 0.25) is 5.91 Å². The predicted molar refractivity (Wildman–Crippen MR) is 464 cm³/mol. The van der Waals surface area contributed by atoms with Crippen molar-refractivity contribution in [1.82, 2.24) is 50.7 Å². The van der Waals surface area contributed by atoms with E-state index < -0.39 is 35.4 Å². The molecule has 0 radical (unpaired) electrons. The molecule has 5 unspecified atom stereocenters. The number of aromatic nitrogens is 5. The normalized spacial score (nSPS) is 17.3. The molecule has 8 N–H and O–H groups in total. The third kappa shape index (κ3) is 16.2. The molecule has 0 saturated heterocycles. The molecule has 27 heteroatoms. The Morgan fingerprint density at radius 1 is 0.440 bits per heavy atom. The Morgan fingerprint density at radius 3 is 1.39 bits per heavy atom. The van der Waals surface area contributed by atoms with E-state index in [1.807, 2.05) is 89.8 Å². The summed E-state index contributed by atoms with van der Waals surface area (Å²) in [6.07, 6.45) is 3.70. The van der Waals surface area contributed by atoms with Crippen LogP contribution >= 0.6 is 98.5 Å². The second-order valence-electron chi connectivity index (χ2n) is 28.9. The lowest BCUT2D eigenvalue weighted by Crippen LogP contribution is -2.40. The molecular formula is C89H72Br4Cl3F4N11O5. The predicted octanol–water partition coefficient (Wildman–Crippen LogP) is 23.2. The van der Waals surface area contributed by atoms with E-state index in [1.54, 1.807) is 25.1 Å². The van der Waals surface area contributed by atoms with Crippen LogP contribution in [0.1, 0.15) is 121 Å². The zero-order chi connectivity index (χ0) is 80.9. The number of ether oxygens (including phenoxy) is 1. The van der Waals surface area contributed by atoms with Crippen molar-refractivity contribution in [2.45, 2.75) is 69.2 Å². The number of H-pyrrole nitrogens is 5. The number of benzene rings is 10. The molecule has 15 aromatic rings. The molecule has 10 heterocycles. The number of carbonyl (C=O) groups excluding carboxylic acids is 2. The number of hydrogen-bond acceptors (Lipinski definition) is 8. The first kappa shape index (κ1) is 80.2. The Balaban J connectivity index is 0.000000109. The van der Waals surface area contributed by atoms with E-state index >= 15 is 0 Å². The molecule has 5 atom stereocenters. The fourth-order valence-electron chi connectivity index (χ4n) is 16.9. The van der Waals surface area contributed by atoms with Gasteiger partial charge in [0.1, 0.15) is 29.3 Å². The fourth-order valence-corrected chi connectivity index (χ4v) is 18.9. The van der Waals surface area contributed by atoms with E-state index in [0.717, 1.165) is 172 Å². The number of nitro benzene ring substituents is 1. The Bertz CT molecular complexity index is 6300. The van der Waals surface area contributed by atoms with Gasteiger partial charge < -0.3 is 50.5 Å². The third-order valence-electron chi connectivity index (χ3n) is 22.0. The molecule has 0 fully saturated rings. The van der Waals surface area contributed by atoms with Crippen LogP contribution in [0.2, 0.25) is 15.1 Å². The van der Waals surface area contributed by atoms with Crippen molar-refractivity contribution in [3.63, 3.8) is 0 Å². The van der Waals surface area contributed by atoms with Crippen molar-refractivity contribution >= 4 is 171 Å². The van der Waals surface area contributed by atoms with Crippen molar-refractivity contribution < 1.29 is 36.8 Å². The van der Waals surface area contributed by atoms with Gasteiger partial charge in [-0.2, -0.15) is 0 Å². The van der Waals surface area contributed by atoms with Gasteiger partial charge >= 0.3 is 6.09 Å². The monoisotopic (exact) mass is 1870 g/mol. The first-order valence-electron chi connectivity index (χ1n) is 37.5. The molecule has 0 aliphatic carbocycles. The first-order valence-corrected chi connectivity index (χ1v) is 41.8. The highest BCUT2D eigenvalue weighted by molar-refractivity contribution is 9.11. The average molecular weight is 1880 g/mol. The number of halogens is 11. The molecule has 20 rings (SSSR count). The topological polar surface area (TPSA) is 208 Å². The van der Waals surface area contributed by atoms with Crippen LogP contribution in [0.15, 0.2) is 218 Å². The first-order chi connectivity index (χ1) is 56.0. The lowest BCUT2D eigenvalue weighted by molar-refractivity contribution is -0.384. The molecule has 590 valence electrons. The molecule has 116 heavy (non-hydrogen) atoms. The van der Waals surface area contributed by atoms with Gasteiger partial charge in [0.05, 0.1) is 46.2 Å². The van der Waals surface area contributed by atoms with E-state index in [0.29, 0.717) is 39.3 Å². The number of hydrogen-bond donors (Lipinski definition) is 8. The van der Waals surface area contributed by atoms with E-state index in [-0.39, 0.29) is 46.2 Å². The summed E-state index contributed by atoms with van der Waals surface area (Å²) in [5, 5.41) is 28.8. The number of rotatable bonds is 6. The number of nitrogens with zero attached hydrogens (tertiary/aromatic N) is 3. The highest BCUT2D eigenvalue weighted by Crippen LogP contribution is 2.45. The van der Waals surface area contributed by atoms with Gasteiger partial charge in [-0.05, 0) is 210 Å². The number of aromatic amines is 5. The van der Waals surface area contributed by atoms with Crippen LogP contribution in [-0.4, -0.2) is 91.5 Å². The SMILES string of the molecule is CC(=O)N1CCc2c([nH]c3ccc(Br)cc23)C1c1ccccc1.COC(=O)N1CCc2c([nH]c3ccc(Cl)cc23)C1c1cc(F)ccc1F.Clc1cccc(C2NCCc3c2[nH]c2ccc(Br)cc32)c1Cl.Fc1cc(F)cc(C2NCCc3c2[nH]c2ccc(Br)cc32)c1.O=[N+]([O-])c1ccc(C2NCCc3c2[nH]c2ccc(Br)cc32)cc1. The van der Waals surface area contributed by atoms with E-state index in [2.05, 4.69) is 165 Å². The van der Waals surface area contributed by atoms with E-state index in [4.69, 9.17) is 39.5 Å². The number of nitrogens with one attached hydrogen (secondary N) is 8. The molecule has 0 bridgehead atoms. The molecule has 2 amide bonds. The van der Waals surface area contributed by atoms with Crippen molar-refractivity contribution in [3.05, 3.63) is 351 Å². The number of non-ortho nitro benzene ring substituents is 1. The molecule has 0 saturated carbocycles. The molecule has 16 nitrogen and oxygen atoms in total. The minimum Gasteiger partial charge on any atom is -0.453 e. The number of amides is 2. The summed E-state index contributed by atoms with van der Waals surface area (Å²) in [5.41, 5.74) is 20.5. The smallest absolute Gasteiger partial charge is 0.410 e. The van der Waals surface area contributed by atoms with Crippen molar-refractivity contribution in [2.75, 3.05) is 39.8 Å². The summed E-state index contributed by atoms with van der Waals surface area (Å²) < 4.78 is 64.5. The van der Waals surface area contributed by atoms with Crippen LogP contribution in [0.25, 0.3) is 54.5 Å². The van der Waals surface area contributed by atoms with Crippen LogP contribution in [-0.2, 0) is 41.6 Å². The van der Waals surface area contributed by atoms with Crippen LogP contribution in [0.3, 0.4) is 0 Å². The summed E-state index contributed by atoms with van der Waals surface area (Å²) in [6, 6.07) is 59.1. The largest absolute Gasteiger partial charge is 0.453 e. The zero-order valence-electron chi connectivity index (χ0n) is 62.1. The van der Waals surface area contributed by atoms with Gasteiger partial charge in [-0.1, -0.05) is 153 Å². The molecule has 5 aromatic heterocycles. The quantitative estimate of drug-likeness (QED) is 0.0455. The standard InChI is InChI=1S/C19H17BrN2O.C19H15ClF2N2O2.C17H13BrCl2N2.C17H13BrF2N2.C17H14BrN3O2/c1-12(23)22-10-9-15-16-11-14(20)7-8-17(16)21-18(15)19(22)13-5-3-2-4-6-13;1-26-19(25)24-7-6-12-13-8-10(20)2-5-16(13)23-17(12)18(24)14-9-11(21)3-4-15(14)22;18-9-4-5-14-12(8-9)10-6-7-21-16(17(10)22-14)11-2-1-3-13(19)15(11)20;18-10-1-2-15-14(7-10)13-3-4-21-16(17(13)22-15)9-5-11(19)8-12(20)6-9;18-11-3-6-15-14(9-11)13-7-8-19-16(17(13)20-15)10-1-4-12(5-2-10)21(22)23/h2-8,11,19,21H,9-10H2,1H3;2-5,8-9,18,23H,6-7H2,1H3;1-5,8,16,21-22H,6-7H2;1-2,5-8,16,21-22H,3-4H2;1-6,9,16,19-20H,7-8H2. The maximum Gasteiger partial charge on any atom is 0.410 e. The van der Waals surface area contributed by atoms with Crippen molar-refractivity contribution in [3.8, 4) is 0 Å². The fraction of sp³-hybridized carbons (Fsp3) is 0.191. The van der Waals surface area contributed by atoms with Gasteiger partial charge in [-0.15, -0.1) is 0 Å². The highest BCUT2D eigenvalue weighted by atomic mass is 79.9. The lowest BCUT2D eigenvalue weighted by Gasteiger charge is -2.35. The Labute approximate surface area is 712 Å². The maximum atomic E-state index is 14.5. The van der Waals surface area contributed by atoms with Gasteiger partial charge in [0.15, 0.2) is 0 Å². The summed E-state index contributed by atoms with van der Waals surface area (Å²) >= 11 is 32.9. The second-order valence-corrected chi connectivity index (χ2v) is 33.8. The summed E-state index contributed by atoms with van der Waals surface area (Å²) in [4.78, 5) is 55.5.